The van der Waals surface area contributed by atoms with E-state index in [0.29, 0.717) is 25.1 Å². The highest BCUT2D eigenvalue weighted by Gasteiger charge is 2.14. The topological polar surface area (TPSA) is 103 Å². The zero-order valence-electron chi connectivity index (χ0n) is 30.7. The molecule has 0 atom stereocenters. The molecule has 0 radical (unpaired) electrons. The Hall–Kier alpha value is -1.82. The van der Waals surface area contributed by atoms with E-state index in [-0.39, 0.29) is 12.1 Å². The molecule has 0 aliphatic heterocycles. The minimum Gasteiger partial charge on any atom is -0.462 e. The number of hydrazone groups is 1. The summed E-state index contributed by atoms with van der Waals surface area (Å²) in [6, 6.07) is 0. The summed E-state index contributed by atoms with van der Waals surface area (Å²) >= 11 is 0. The zero-order chi connectivity index (χ0) is 33.6. The van der Waals surface area contributed by atoms with Gasteiger partial charge in [-0.3, -0.25) is 4.79 Å². The van der Waals surface area contributed by atoms with E-state index in [1.54, 1.807) is 0 Å². The van der Waals surface area contributed by atoms with Crippen molar-refractivity contribution in [3.63, 3.8) is 0 Å². The van der Waals surface area contributed by atoms with Crippen molar-refractivity contribution in [1.82, 2.24) is 5.53 Å². The van der Waals surface area contributed by atoms with Crippen LogP contribution in [0, 0.1) is 0 Å². The zero-order valence-corrected chi connectivity index (χ0v) is 30.7. The quantitative estimate of drug-likeness (QED) is 0.0119. The largest absolute Gasteiger partial charge is 0.462 e. The van der Waals surface area contributed by atoms with Gasteiger partial charge in [-0.05, 0) is 83.5 Å². The van der Waals surface area contributed by atoms with Gasteiger partial charge in [0.25, 0.3) is 0 Å². The average Bonchev–Trinajstić information content (AvgIpc) is 3.04. The van der Waals surface area contributed by atoms with Gasteiger partial charge in [-0.15, -0.1) is 0 Å². The summed E-state index contributed by atoms with van der Waals surface area (Å²) in [5.74, 6) is 5.47. The number of unbranched alkanes of at least 4 members (excludes halogenated alkanes) is 22. The number of ether oxygens (including phenoxy) is 1. The van der Waals surface area contributed by atoms with Crippen molar-refractivity contribution < 1.29 is 9.53 Å². The number of hydrazine groups is 1. The number of nitrogens with two attached hydrogens (primary N) is 2. The van der Waals surface area contributed by atoms with Crippen LogP contribution in [0.5, 0.6) is 0 Å². The number of esters is 1. The summed E-state index contributed by atoms with van der Waals surface area (Å²) in [4.78, 5) is 12.6. The monoisotopic (exact) mass is 647 g/mol. The van der Waals surface area contributed by atoms with E-state index in [1.165, 1.54) is 154 Å². The van der Waals surface area contributed by atoms with E-state index in [4.69, 9.17) is 16.3 Å². The van der Waals surface area contributed by atoms with Crippen LogP contribution in [0.25, 0.3) is 0 Å². The van der Waals surface area contributed by atoms with Crippen molar-refractivity contribution in [2.75, 3.05) is 0 Å². The molecule has 0 aliphatic rings. The van der Waals surface area contributed by atoms with E-state index in [2.05, 4.69) is 48.8 Å². The smallest absolute Gasteiger partial charge is 0.306 e. The Morgan fingerprint density at radius 3 is 1.33 bits per heavy atom. The molecule has 270 valence electrons. The molecule has 0 saturated carbocycles. The first kappa shape index (κ1) is 44.2. The van der Waals surface area contributed by atoms with Gasteiger partial charge in [-0.25, -0.2) is 11.4 Å². The third kappa shape index (κ3) is 35.0. The normalized spacial score (nSPS) is 12.2. The molecule has 46 heavy (non-hydrogen) atoms. The van der Waals surface area contributed by atoms with Crippen LogP contribution in [-0.4, -0.2) is 17.9 Å². The fourth-order valence-electron chi connectivity index (χ4n) is 5.95. The number of nitrogens with one attached hydrogen (secondary N) is 1. The maximum Gasteiger partial charge on any atom is 0.306 e. The molecule has 0 saturated heterocycles. The lowest BCUT2D eigenvalue weighted by molar-refractivity contribution is -0.150. The predicted octanol–water partition coefficient (Wildman–Crippen LogP) is 11.9. The van der Waals surface area contributed by atoms with Gasteiger partial charge in [0.1, 0.15) is 11.9 Å². The highest BCUT2D eigenvalue weighted by molar-refractivity contribution is 5.80. The Morgan fingerprint density at radius 2 is 0.935 bits per heavy atom. The molecule has 0 amide bonds. The Balaban J connectivity index is 4.11. The molecule has 0 spiro atoms. The number of rotatable bonds is 36. The molecule has 0 aromatic carbocycles. The maximum atomic E-state index is 12.6. The molecule has 0 fully saturated rings. The molecular formula is C40H78N4O2. The van der Waals surface area contributed by atoms with Crippen molar-refractivity contribution in [3.05, 3.63) is 24.3 Å². The van der Waals surface area contributed by atoms with E-state index in [0.717, 1.165) is 25.7 Å². The van der Waals surface area contributed by atoms with Crippen LogP contribution in [0.4, 0.5) is 0 Å². The number of hydrogen-bond acceptors (Lipinski definition) is 5. The molecule has 0 rings (SSSR count). The van der Waals surface area contributed by atoms with Gasteiger partial charge in [0.2, 0.25) is 0 Å². The van der Waals surface area contributed by atoms with Crippen LogP contribution in [0.3, 0.4) is 0 Å². The van der Waals surface area contributed by atoms with Gasteiger partial charge in [-0.2, -0.15) is 5.10 Å². The number of amidine groups is 1. The Bertz CT molecular complexity index is 682. The van der Waals surface area contributed by atoms with Crippen LogP contribution in [0.15, 0.2) is 29.4 Å². The van der Waals surface area contributed by atoms with Gasteiger partial charge in [0, 0.05) is 12.8 Å². The van der Waals surface area contributed by atoms with E-state index in [9.17, 15) is 4.79 Å². The average molecular weight is 647 g/mol. The Morgan fingerprint density at radius 1 is 0.565 bits per heavy atom. The van der Waals surface area contributed by atoms with Crippen LogP contribution >= 0.6 is 0 Å². The molecule has 0 unspecified atom stereocenters. The number of hydrogen-bond donors (Lipinski definition) is 3. The second kappa shape index (κ2) is 37.6. The molecule has 0 aromatic heterocycles. The predicted molar refractivity (Wildman–Crippen MR) is 202 cm³/mol. The Labute approximate surface area is 286 Å². The van der Waals surface area contributed by atoms with Crippen LogP contribution in [0.1, 0.15) is 213 Å². The second-order valence-corrected chi connectivity index (χ2v) is 13.4. The summed E-state index contributed by atoms with van der Waals surface area (Å²) < 4.78 is 5.95. The van der Waals surface area contributed by atoms with Crippen molar-refractivity contribution >= 4 is 11.8 Å². The van der Waals surface area contributed by atoms with Gasteiger partial charge >= 0.3 is 5.97 Å². The lowest BCUT2D eigenvalue weighted by atomic mass is 10.0. The van der Waals surface area contributed by atoms with Crippen molar-refractivity contribution in [2.24, 2.45) is 16.7 Å². The first-order valence-electron chi connectivity index (χ1n) is 19.9. The SMILES string of the molecule is CCCCCCCC/C=C\CCCCCCCC(CCCCCCC/C=C\CCCCCCCC)OC(=O)CCC/C(N)=N/NN. The van der Waals surface area contributed by atoms with E-state index in [1.807, 2.05) is 0 Å². The fourth-order valence-corrected chi connectivity index (χ4v) is 5.95. The molecule has 5 N–H and O–H groups in total. The van der Waals surface area contributed by atoms with Gasteiger partial charge < -0.3 is 10.5 Å². The molecule has 0 aliphatic carbocycles. The summed E-state index contributed by atoms with van der Waals surface area (Å²) in [7, 11) is 0. The minimum atomic E-state index is -0.112. The summed E-state index contributed by atoms with van der Waals surface area (Å²) in [6.45, 7) is 4.55. The summed E-state index contributed by atoms with van der Waals surface area (Å²) in [5, 5.41) is 3.75. The van der Waals surface area contributed by atoms with E-state index >= 15 is 0 Å². The standard InChI is InChI=1S/C40H78N4O2/c1-3-5-7-9-11-13-15-17-19-21-23-25-27-29-31-34-38(46-40(45)37-33-36-39(41)43-44-42)35-32-30-28-26-24-22-20-18-16-14-12-10-8-6-4-2/h17-20,38,44H,3-16,21-37,42H2,1-2H3,(H2,41,43)/b19-17-,20-18-. The third-order valence-corrected chi connectivity index (χ3v) is 8.90. The lowest BCUT2D eigenvalue weighted by Crippen LogP contribution is -2.22. The van der Waals surface area contributed by atoms with Crippen molar-refractivity contribution in [2.45, 2.75) is 219 Å². The number of allylic oxidation sites excluding steroid dienone is 4. The first-order valence-corrected chi connectivity index (χ1v) is 19.9. The number of carbonyl (C=O) groups is 1. The first-order chi connectivity index (χ1) is 22.6. The lowest BCUT2D eigenvalue weighted by Gasteiger charge is -2.18. The van der Waals surface area contributed by atoms with Crippen molar-refractivity contribution in [3.8, 4) is 0 Å². The van der Waals surface area contributed by atoms with E-state index < -0.39 is 0 Å². The van der Waals surface area contributed by atoms with Crippen LogP contribution in [0.2, 0.25) is 0 Å². The minimum absolute atomic E-state index is 0.0408. The highest BCUT2D eigenvalue weighted by Crippen LogP contribution is 2.18. The van der Waals surface area contributed by atoms with Gasteiger partial charge in [-0.1, -0.05) is 141 Å². The van der Waals surface area contributed by atoms with Gasteiger partial charge in [0.05, 0.1) is 0 Å². The number of carbonyl (C=O) groups excluding carboxylic acids is 1. The fraction of sp³-hybridized carbons (Fsp3) is 0.850. The molecule has 6 heteroatoms. The third-order valence-electron chi connectivity index (χ3n) is 8.90. The number of nitrogens with zero attached hydrogens (tertiary/aromatic N) is 1. The molecule has 6 nitrogen and oxygen atoms in total. The summed E-state index contributed by atoms with van der Waals surface area (Å²) in [5.41, 5.74) is 7.96. The summed E-state index contributed by atoms with van der Waals surface area (Å²) in [6.07, 6.45) is 46.9. The van der Waals surface area contributed by atoms with Crippen LogP contribution in [-0.2, 0) is 9.53 Å². The maximum absolute atomic E-state index is 12.6. The van der Waals surface area contributed by atoms with Gasteiger partial charge in [0.15, 0.2) is 0 Å². The molecule has 0 bridgehead atoms. The second-order valence-electron chi connectivity index (χ2n) is 13.4. The molecular weight excluding hydrogens is 568 g/mol. The Kier molecular flexibility index (Phi) is 36.1. The highest BCUT2D eigenvalue weighted by atomic mass is 16.5. The molecule has 0 aromatic rings. The van der Waals surface area contributed by atoms with Crippen molar-refractivity contribution in [1.29, 1.82) is 0 Å². The van der Waals surface area contributed by atoms with Crippen LogP contribution < -0.4 is 17.1 Å². The molecule has 0 heterocycles.